The van der Waals surface area contributed by atoms with Crippen LogP contribution >= 0.6 is 0 Å². The lowest BCUT2D eigenvalue weighted by atomic mass is 9.83. The molecule has 1 aromatic rings. The molecule has 0 bridgehead atoms. The molecule has 1 aliphatic heterocycles. The molecule has 0 radical (unpaired) electrons. The molecule has 0 fully saturated rings. The van der Waals surface area contributed by atoms with Crippen LogP contribution in [-0.4, -0.2) is 69.1 Å². The highest BCUT2D eigenvalue weighted by atomic mass is 16.5. The Hall–Kier alpha value is -3.94. The second-order valence-electron chi connectivity index (χ2n) is 8.42. The van der Waals surface area contributed by atoms with Crippen LogP contribution in [0.1, 0.15) is 55.1 Å². The predicted octanol–water partition coefficient (Wildman–Crippen LogP) is 1.91. The minimum atomic E-state index is -0.915. The Morgan fingerprint density at radius 3 is 2.00 bits per heavy atom. The lowest BCUT2D eigenvalue weighted by Gasteiger charge is -2.26. The highest BCUT2D eigenvalue weighted by molar-refractivity contribution is 5.88. The zero-order valence-corrected chi connectivity index (χ0v) is 21.2. The Labute approximate surface area is 209 Å². The van der Waals surface area contributed by atoms with Gasteiger partial charge in [0.2, 0.25) is 0 Å². The Balaban J connectivity index is 2.51. The number of hydrogen-bond donors (Lipinski definition) is 1. The van der Waals surface area contributed by atoms with Crippen LogP contribution in [0.3, 0.4) is 0 Å². The van der Waals surface area contributed by atoms with Crippen molar-refractivity contribution in [2.24, 2.45) is 4.99 Å². The van der Waals surface area contributed by atoms with E-state index < -0.39 is 23.4 Å². The number of aromatic nitrogens is 1. The molecule has 0 saturated heterocycles. The molecular weight excluding hydrogens is 470 g/mol. The van der Waals surface area contributed by atoms with Crippen LogP contribution < -0.4 is 0 Å². The number of aliphatic imine (C=N–C) groups is 1. The fraction of sp³-hybridized carbons (Fsp3) is 0.520. The van der Waals surface area contributed by atoms with Crippen molar-refractivity contribution in [3.8, 4) is 6.07 Å². The van der Waals surface area contributed by atoms with Crippen LogP contribution in [-0.2, 0) is 57.4 Å². The lowest BCUT2D eigenvalue weighted by molar-refractivity contribution is -0.141. The van der Waals surface area contributed by atoms with E-state index >= 15 is 0 Å². The van der Waals surface area contributed by atoms with E-state index in [9.17, 15) is 24.4 Å². The molecule has 1 atom stereocenters. The van der Waals surface area contributed by atoms with Crippen molar-refractivity contribution >= 4 is 30.1 Å². The summed E-state index contributed by atoms with van der Waals surface area (Å²) in [6.45, 7) is 1.83. The third kappa shape index (κ3) is 6.81. The number of rotatable bonds is 12. The van der Waals surface area contributed by atoms with Crippen molar-refractivity contribution in [1.82, 2.24) is 4.98 Å². The van der Waals surface area contributed by atoms with Crippen molar-refractivity contribution in [1.29, 1.82) is 5.26 Å². The SMILES string of the molecule is COC(=O)CCC1=C(CC(=O)OC)C(C)(Cc2[nH]c(C#N)c(CCC(=O)OC)c2CC(=O)OC)N=C1. The molecule has 1 unspecified atom stereocenters. The smallest absolute Gasteiger partial charge is 0.310 e. The van der Waals surface area contributed by atoms with Gasteiger partial charge < -0.3 is 23.9 Å². The molecule has 11 heteroatoms. The molecular formula is C25H31N3O8. The zero-order valence-electron chi connectivity index (χ0n) is 21.2. The number of nitrogens with zero attached hydrogens (tertiary/aromatic N) is 2. The van der Waals surface area contributed by atoms with Gasteiger partial charge in [0, 0.05) is 31.2 Å². The van der Waals surface area contributed by atoms with Gasteiger partial charge in [0.05, 0.1) is 46.8 Å². The molecule has 1 N–H and O–H groups in total. The number of nitriles is 1. The first-order valence-electron chi connectivity index (χ1n) is 11.3. The number of ether oxygens (including phenoxy) is 4. The largest absolute Gasteiger partial charge is 0.469 e. The van der Waals surface area contributed by atoms with Crippen molar-refractivity contribution < 1.29 is 38.1 Å². The number of allylic oxidation sites excluding steroid dienone is 1. The van der Waals surface area contributed by atoms with Gasteiger partial charge in [0.15, 0.2) is 0 Å². The van der Waals surface area contributed by atoms with Gasteiger partial charge in [-0.3, -0.25) is 24.2 Å². The average Bonchev–Trinajstić information content (AvgIpc) is 3.36. The molecule has 11 nitrogen and oxygen atoms in total. The number of carbonyl (C=O) groups is 4. The molecule has 0 amide bonds. The Morgan fingerprint density at radius 1 is 0.889 bits per heavy atom. The molecule has 0 aromatic carbocycles. The number of carbonyl (C=O) groups excluding carboxylic acids is 4. The molecule has 194 valence electrons. The summed E-state index contributed by atoms with van der Waals surface area (Å²) in [7, 11) is 5.13. The van der Waals surface area contributed by atoms with Gasteiger partial charge in [-0.05, 0) is 42.0 Å². The summed E-state index contributed by atoms with van der Waals surface area (Å²) in [4.78, 5) is 55.6. The molecule has 0 aliphatic carbocycles. The Morgan fingerprint density at radius 2 is 1.44 bits per heavy atom. The van der Waals surface area contributed by atoms with E-state index in [1.807, 2.05) is 6.92 Å². The second kappa shape index (κ2) is 12.7. The fourth-order valence-electron chi connectivity index (χ4n) is 4.21. The Bertz CT molecular complexity index is 1130. The summed E-state index contributed by atoms with van der Waals surface area (Å²) in [5, 5.41) is 9.73. The molecule has 0 spiro atoms. The van der Waals surface area contributed by atoms with Crippen molar-refractivity contribution in [2.45, 2.75) is 57.4 Å². The molecule has 2 rings (SSSR count). The summed E-state index contributed by atoms with van der Waals surface area (Å²) in [6, 6.07) is 2.09. The van der Waals surface area contributed by atoms with Crippen molar-refractivity contribution in [3.63, 3.8) is 0 Å². The summed E-state index contributed by atoms with van der Waals surface area (Å²) >= 11 is 0. The number of aromatic amines is 1. The van der Waals surface area contributed by atoms with Crippen LogP contribution in [0.25, 0.3) is 0 Å². The van der Waals surface area contributed by atoms with E-state index in [1.165, 1.54) is 28.4 Å². The van der Waals surface area contributed by atoms with E-state index in [4.69, 9.17) is 18.9 Å². The predicted molar refractivity (Wildman–Crippen MR) is 127 cm³/mol. The number of methoxy groups -OCH3 is 4. The normalized spacial score (nSPS) is 16.4. The minimum Gasteiger partial charge on any atom is -0.469 e. The van der Waals surface area contributed by atoms with Crippen LogP contribution in [0.5, 0.6) is 0 Å². The summed E-state index contributed by atoms with van der Waals surface area (Å²) < 4.78 is 19.2. The number of hydrogen-bond acceptors (Lipinski definition) is 10. The first-order valence-corrected chi connectivity index (χ1v) is 11.3. The quantitative estimate of drug-likeness (QED) is 0.334. The topological polar surface area (TPSA) is 157 Å². The van der Waals surface area contributed by atoms with E-state index in [1.54, 1.807) is 6.21 Å². The Kier molecular flexibility index (Phi) is 9.96. The standard InChI is InChI=1S/C25H31N3O8/c1-25(18(11-24(32)36-5)15(14-27-25)6-8-21(29)33-2)12-19-17(10-23(31)35-4)16(20(13-26)28-19)7-9-22(30)34-3/h14,28H,6-12H2,1-5H3. The first-order chi connectivity index (χ1) is 17.1. The maximum Gasteiger partial charge on any atom is 0.310 e. The van der Waals surface area contributed by atoms with Gasteiger partial charge in [-0.25, -0.2) is 0 Å². The van der Waals surface area contributed by atoms with Gasteiger partial charge in [0.1, 0.15) is 11.8 Å². The number of esters is 4. The molecule has 1 aliphatic rings. The summed E-state index contributed by atoms with van der Waals surface area (Å²) in [5.74, 6) is -1.81. The minimum absolute atomic E-state index is 0.0250. The fourth-order valence-corrected chi connectivity index (χ4v) is 4.21. The van der Waals surface area contributed by atoms with E-state index in [-0.39, 0.29) is 50.2 Å². The van der Waals surface area contributed by atoms with Crippen LogP contribution in [0, 0.1) is 11.3 Å². The number of H-pyrrole nitrogens is 1. The molecule has 0 saturated carbocycles. The van der Waals surface area contributed by atoms with Gasteiger partial charge in [-0.2, -0.15) is 5.26 Å². The summed E-state index contributed by atoms with van der Waals surface area (Å²) in [5.41, 5.74) is 2.34. The maximum atomic E-state index is 12.2. The maximum absolute atomic E-state index is 12.2. The van der Waals surface area contributed by atoms with Crippen LogP contribution in [0.15, 0.2) is 16.1 Å². The second-order valence-corrected chi connectivity index (χ2v) is 8.42. The summed E-state index contributed by atoms with van der Waals surface area (Å²) in [6.07, 6.45) is 2.34. The van der Waals surface area contributed by atoms with Gasteiger partial charge in [0.25, 0.3) is 0 Å². The van der Waals surface area contributed by atoms with Gasteiger partial charge >= 0.3 is 23.9 Å². The van der Waals surface area contributed by atoms with E-state index in [2.05, 4.69) is 16.0 Å². The highest BCUT2D eigenvalue weighted by Crippen LogP contribution is 2.38. The van der Waals surface area contributed by atoms with E-state index in [0.29, 0.717) is 28.8 Å². The molecule has 36 heavy (non-hydrogen) atoms. The lowest BCUT2D eigenvalue weighted by Crippen LogP contribution is -2.29. The monoisotopic (exact) mass is 501 g/mol. The highest BCUT2D eigenvalue weighted by Gasteiger charge is 2.37. The third-order valence-corrected chi connectivity index (χ3v) is 6.21. The number of nitrogens with one attached hydrogen (secondary N) is 1. The van der Waals surface area contributed by atoms with Crippen molar-refractivity contribution in [3.05, 3.63) is 33.7 Å². The molecule has 1 aromatic heterocycles. The first kappa shape index (κ1) is 28.3. The van der Waals surface area contributed by atoms with E-state index in [0.717, 1.165) is 5.57 Å². The van der Waals surface area contributed by atoms with Crippen LogP contribution in [0.4, 0.5) is 0 Å². The van der Waals surface area contributed by atoms with Crippen LogP contribution in [0.2, 0.25) is 0 Å². The van der Waals surface area contributed by atoms with Crippen molar-refractivity contribution in [2.75, 3.05) is 28.4 Å². The third-order valence-electron chi connectivity index (χ3n) is 6.21. The average molecular weight is 502 g/mol. The molecule has 2 heterocycles. The van der Waals surface area contributed by atoms with Gasteiger partial charge in [-0.15, -0.1) is 0 Å². The zero-order chi connectivity index (χ0) is 26.9. The van der Waals surface area contributed by atoms with Gasteiger partial charge in [-0.1, -0.05) is 0 Å².